The van der Waals surface area contributed by atoms with Gasteiger partial charge in [0.2, 0.25) is 0 Å². The van der Waals surface area contributed by atoms with Gasteiger partial charge in [-0.15, -0.1) is 0 Å². The smallest absolute Gasteiger partial charge is 0.131 e. The van der Waals surface area contributed by atoms with Gasteiger partial charge in [0.05, 0.1) is 6.20 Å². The highest BCUT2D eigenvalue weighted by Crippen LogP contribution is 2.56. The second-order valence-corrected chi connectivity index (χ2v) is 4.54. The summed E-state index contributed by atoms with van der Waals surface area (Å²) in [7, 11) is 0. The van der Waals surface area contributed by atoms with E-state index in [9.17, 15) is 0 Å². The van der Waals surface area contributed by atoms with Crippen LogP contribution in [0.3, 0.4) is 0 Å². The molecule has 16 heavy (non-hydrogen) atoms. The molecular formula is C14H18N2. The molecule has 2 nitrogen and oxygen atoms in total. The lowest BCUT2D eigenvalue weighted by Crippen LogP contribution is -1.99. The van der Waals surface area contributed by atoms with Crippen LogP contribution in [-0.4, -0.2) is 9.97 Å². The standard InChI is InChI=1S/C14H18N2/c1-3-5-12-10-14(12,4-2)7-6-13-11-15-8-9-16-13/h8-9,11-12H,3-5,10H2,1-2H3. The molecule has 0 amide bonds. The molecule has 84 valence electrons. The molecule has 0 spiro atoms. The molecule has 1 heterocycles. The Morgan fingerprint density at radius 3 is 2.94 bits per heavy atom. The summed E-state index contributed by atoms with van der Waals surface area (Å²) in [6.45, 7) is 4.48. The average molecular weight is 214 g/mol. The fourth-order valence-corrected chi connectivity index (χ4v) is 2.33. The Hall–Kier alpha value is -1.36. The molecule has 2 unspecified atom stereocenters. The molecule has 0 saturated heterocycles. The lowest BCUT2D eigenvalue weighted by Gasteiger charge is -2.05. The average Bonchev–Trinajstić information content (AvgIpc) is 3.03. The fourth-order valence-electron chi connectivity index (χ4n) is 2.33. The van der Waals surface area contributed by atoms with E-state index in [-0.39, 0.29) is 5.41 Å². The highest BCUT2D eigenvalue weighted by Gasteiger charge is 2.50. The molecule has 0 aliphatic heterocycles. The molecule has 0 bridgehead atoms. The third kappa shape index (κ3) is 2.24. The monoisotopic (exact) mass is 214 g/mol. The van der Waals surface area contributed by atoms with E-state index in [1.807, 2.05) is 0 Å². The van der Waals surface area contributed by atoms with Crippen LogP contribution in [0.25, 0.3) is 0 Å². The van der Waals surface area contributed by atoms with Gasteiger partial charge in [-0.2, -0.15) is 0 Å². The van der Waals surface area contributed by atoms with Crippen molar-refractivity contribution in [2.45, 2.75) is 39.5 Å². The lowest BCUT2D eigenvalue weighted by atomic mass is 9.99. The third-order valence-corrected chi connectivity index (χ3v) is 3.50. The quantitative estimate of drug-likeness (QED) is 0.723. The normalized spacial score (nSPS) is 27.0. The van der Waals surface area contributed by atoms with Crippen molar-refractivity contribution >= 4 is 0 Å². The molecule has 2 rings (SSSR count). The molecule has 1 fully saturated rings. The number of aromatic nitrogens is 2. The minimum absolute atomic E-state index is 0.285. The molecule has 1 aromatic heterocycles. The van der Waals surface area contributed by atoms with E-state index in [1.54, 1.807) is 18.6 Å². The van der Waals surface area contributed by atoms with Crippen LogP contribution in [0.2, 0.25) is 0 Å². The molecular weight excluding hydrogens is 196 g/mol. The van der Waals surface area contributed by atoms with Crippen molar-refractivity contribution in [3.05, 3.63) is 24.3 Å². The zero-order valence-corrected chi connectivity index (χ0v) is 10.0. The minimum Gasteiger partial charge on any atom is -0.260 e. The Morgan fingerprint density at radius 1 is 1.44 bits per heavy atom. The topological polar surface area (TPSA) is 25.8 Å². The van der Waals surface area contributed by atoms with Crippen LogP contribution >= 0.6 is 0 Å². The predicted molar refractivity (Wildman–Crippen MR) is 64.6 cm³/mol. The largest absolute Gasteiger partial charge is 0.260 e. The molecule has 1 aromatic rings. The van der Waals surface area contributed by atoms with Crippen LogP contribution in [0.4, 0.5) is 0 Å². The van der Waals surface area contributed by atoms with Gasteiger partial charge in [0.1, 0.15) is 5.69 Å². The van der Waals surface area contributed by atoms with E-state index >= 15 is 0 Å². The van der Waals surface area contributed by atoms with Crippen LogP contribution in [0.5, 0.6) is 0 Å². The first-order valence-corrected chi connectivity index (χ1v) is 6.10. The zero-order chi connectivity index (χ0) is 11.4. The van der Waals surface area contributed by atoms with E-state index in [4.69, 9.17) is 0 Å². The summed E-state index contributed by atoms with van der Waals surface area (Å²) in [4.78, 5) is 8.20. The van der Waals surface area contributed by atoms with Gasteiger partial charge in [0.15, 0.2) is 0 Å². The van der Waals surface area contributed by atoms with Gasteiger partial charge in [0.25, 0.3) is 0 Å². The SMILES string of the molecule is CCCC1CC1(C#Cc1cnccn1)CC. The lowest BCUT2D eigenvalue weighted by molar-refractivity contribution is 0.536. The van der Waals surface area contributed by atoms with Crippen molar-refractivity contribution in [3.8, 4) is 11.8 Å². The molecule has 1 aliphatic rings. The van der Waals surface area contributed by atoms with Gasteiger partial charge in [-0.05, 0) is 31.1 Å². The minimum atomic E-state index is 0.285. The van der Waals surface area contributed by atoms with Crippen LogP contribution in [0.15, 0.2) is 18.6 Å². The first-order chi connectivity index (χ1) is 7.80. The van der Waals surface area contributed by atoms with Crippen molar-refractivity contribution in [1.82, 2.24) is 9.97 Å². The number of rotatable bonds is 3. The van der Waals surface area contributed by atoms with Crippen molar-refractivity contribution < 1.29 is 0 Å². The fraction of sp³-hybridized carbons (Fsp3) is 0.571. The van der Waals surface area contributed by atoms with Gasteiger partial charge in [-0.1, -0.05) is 26.2 Å². The molecule has 0 N–H and O–H groups in total. The van der Waals surface area contributed by atoms with Crippen LogP contribution in [0, 0.1) is 23.2 Å². The molecule has 0 aromatic carbocycles. The molecule has 1 saturated carbocycles. The summed E-state index contributed by atoms with van der Waals surface area (Å²) in [5.41, 5.74) is 1.07. The van der Waals surface area contributed by atoms with Gasteiger partial charge in [0, 0.05) is 17.8 Å². The Labute approximate surface area is 97.5 Å². The molecule has 0 radical (unpaired) electrons. The summed E-state index contributed by atoms with van der Waals surface area (Å²) >= 11 is 0. The maximum Gasteiger partial charge on any atom is 0.131 e. The number of hydrogen-bond donors (Lipinski definition) is 0. The Balaban J connectivity index is 2.07. The van der Waals surface area contributed by atoms with E-state index < -0.39 is 0 Å². The zero-order valence-electron chi connectivity index (χ0n) is 10.0. The van der Waals surface area contributed by atoms with Gasteiger partial charge in [-0.3, -0.25) is 4.98 Å². The Bertz CT molecular complexity index is 402. The third-order valence-electron chi connectivity index (χ3n) is 3.50. The number of nitrogens with zero attached hydrogens (tertiary/aromatic N) is 2. The maximum atomic E-state index is 4.18. The highest BCUT2D eigenvalue weighted by atomic mass is 14.7. The van der Waals surface area contributed by atoms with Crippen molar-refractivity contribution in [2.75, 3.05) is 0 Å². The van der Waals surface area contributed by atoms with E-state index in [1.165, 1.54) is 19.3 Å². The van der Waals surface area contributed by atoms with Crippen LogP contribution < -0.4 is 0 Å². The van der Waals surface area contributed by atoms with Crippen LogP contribution in [-0.2, 0) is 0 Å². The molecule has 2 heteroatoms. The summed E-state index contributed by atoms with van der Waals surface area (Å²) in [5, 5.41) is 0. The molecule has 2 atom stereocenters. The van der Waals surface area contributed by atoms with Crippen molar-refractivity contribution in [3.63, 3.8) is 0 Å². The summed E-state index contributed by atoms with van der Waals surface area (Å²) in [6.07, 6.45) is 10.1. The predicted octanol–water partition coefficient (Wildman–Crippen LogP) is 3.04. The Morgan fingerprint density at radius 2 is 2.31 bits per heavy atom. The van der Waals surface area contributed by atoms with Crippen molar-refractivity contribution in [2.24, 2.45) is 11.3 Å². The second kappa shape index (κ2) is 4.65. The van der Waals surface area contributed by atoms with Gasteiger partial charge < -0.3 is 0 Å². The van der Waals surface area contributed by atoms with Crippen LogP contribution in [0.1, 0.15) is 45.2 Å². The van der Waals surface area contributed by atoms with Gasteiger partial charge in [-0.25, -0.2) is 4.98 Å². The summed E-state index contributed by atoms with van der Waals surface area (Å²) < 4.78 is 0. The van der Waals surface area contributed by atoms with E-state index in [0.717, 1.165) is 18.0 Å². The maximum absolute atomic E-state index is 4.18. The van der Waals surface area contributed by atoms with E-state index in [2.05, 4.69) is 35.7 Å². The first kappa shape index (κ1) is 11.1. The summed E-state index contributed by atoms with van der Waals surface area (Å²) in [5.74, 6) is 7.39. The number of hydrogen-bond acceptors (Lipinski definition) is 2. The Kier molecular flexibility index (Phi) is 3.24. The van der Waals surface area contributed by atoms with Crippen molar-refractivity contribution in [1.29, 1.82) is 0 Å². The first-order valence-electron chi connectivity index (χ1n) is 6.10. The highest BCUT2D eigenvalue weighted by molar-refractivity contribution is 5.31. The molecule has 1 aliphatic carbocycles. The second-order valence-electron chi connectivity index (χ2n) is 4.54. The van der Waals surface area contributed by atoms with Gasteiger partial charge >= 0.3 is 0 Å². The summed E-state index contributed by atoms with van der Waals surface area (Å²) in [6, 6.07) is 0. The van der Waals surface area contributed by atoms with E-state index in [0.29, 0.717) is 0 Å².